The number of ether oxygens (including phenoxy) is 1. The zero-order valence-electron chi connectivity index (χ0n) is 8.34. The van der Waals surface area contributed by atoms with Crippen molar-refractivity contribution in [3.63, 3.8) is 0 Å². The maximum Gasteiger partial charge on any atom is 0.159 e. The van der Waals surface area contributed by atoms with Gasteiger partial charge in [-0.1, -0.05) is 0 Å². The first-order chi connectivity index (χ1) is 7.29. The van der Waals surface area contributed by atoms with Gasteiger partial charge in [0.15, 0.2) is 5.82 Å². The summed E-state index contributed by atoms with van der Waals surface area (Å²) in [6, 6.07) is 7.55. The van der Waals surface area contributed by atoms with E-state index in [9.17, 15) is 0 Å². The van der Waals surface area contributed by atoms with E-state index in [0.717, 1.165) is 11.3 Å². The third-order valence-corrected chi connectivity index (χ3v) is 2.02. The molecule has 4 nitrogen and oxygen atoms in total. The molecule has 4 heteroatoms. The molecule has 0 atom stereocenters. The van der Waals surface area contributed by atoms with Gasteiger partial charge in [0, 0.05) is 5.56 Å². The fourth-order valence-electron chi connectivity index (χ4n) is 1.23. The van der Waals surface area contributed by atoms with Crippen molar-refractivity contribution in [2.45, 2.75) is 0 Å². The number of anilines is 1. The number of nitrogens with two attached hydrogens (primary N) is 1. The summed E-state index contributed by atoms with van der Waals surface area (Å²) < 4.78 is 5.06. The second kappa shape index (κ2) is 3.96. The number of hydrogen-bond acceptors (Lipinski definition) is 4. The smallest absolute Gasteiger partial charge is 0.159 e. The van der Waals surface area contributed by atoms with Crippen LogP contribution in [0.3, 0.4) is 0 Å². The minimum absolute atomic E-state index is 0.562. The lowest BCUT2D eigenvalue weighted by Crippen LogP contribution is -1.92. The third-order valence-electron chi connectivity index (χ3n) is 2.02. The number of rotatable bonds is 2. The Kier molecular flexibility index (Phi) is 2.49. The molecule has 0 fully saturated rings. The fourth-order valence-corrected chi connectivity index (χ4v) is 1.23. The number of nitrogen functional groups attached to an aromatic ring is 1. The van der Waals surface area contributed by atoms with Gasteiger partial charge in [0.05, 0.1) is 25.2 Å². The van der Waals surface area contributed by atoms with Crippen molar-refractivity contribution in [2.24, 2.45) is 0 Å². The molecule has 76 valence electrons. The van der Waals surface area contributed by atoms with Crippen LogP contribution < -0.4 is 10.5 Å². The Balaban J connectivity index is 2.33. The van der Waals surface area contributed by atoms with E-state index in [2.05, 4.69) is 9.97 Å². The average molecular weight is 201 g/mol. The summed E-state index contributed by atoms with van der Waals surface area (Å²) in [6.07, 6.45) is 3.18. The Bertz CT molecular complexity index is 436. The molecule has 0 aliphatic rings. The lowest BCUT2D eigenvalue weighted by Gasteiger charge is -2.02. The predicted octanol–water partition coefficient (Wildman–Crippen LogP) is 1.73. The van der Waals surface area contributed by atoms with Gasteiger partial charge in [-0.15, -0.1) is 0 Å². The van der Waals surface area contributed by atoms with Crippen LogP contribution in [0.15, 0.2) is 36.7 Å². The van der Waals surface area contributed by atoms with Crippen molar-refractivity contribution in [2.75, 3.05) is 12.8 Å². The first-order valence-electron chi connectivity index (χ1n) is 4.51. The van der Waals surface area contributed by atoms with E-state index in [1.165, 1.54) is 0 Å². The summed E-state index contributed by atoms with van der Waals surface area (Å²) in [5.74, 6) is 1.47. The van der Waals surface area contributed by atoms with Gasteiger partial charge in [0.1, 0.15) is 5.75 Å². The number of nitrogens with zero attached hydrogens (tertiary/aromatic N) is 2. The molecule has 0 unspecified atom stereocenters. The quantitative estimate of drug-likeness (QED) is 0.803. The number of benzene rings is 1. The van der Waals surface area contributed by atoms with E-state index in [1.54, 1.807) is 19.5 Å². The molecule has 1 aromatic carbocycles. The molecule has 0 saturated heterocycles. The maximum atomic E-state index is 5.51. The normalized spacial score (nSPS) is 9.93. The van der Waals surface area contributed by atoms with E-state index in [4.69, 9.17) is 10.5 Å². The van der Waals surface area contributed by atoms with Gasteiger partial charge in [0.25, 0.3) is 0 Å². The van der Waals surface area contributed by atoms with Crippen molar-refractivity contribution in [1.82, 2.24) is 9.97 Å². The minimum atomic E-state index is 0.562. The van der Waals surface area contributed by atoms with Gasteiger partial charge in [-0.2, -0.15) is 0 Å². The highest BCUT2D eigenvalue weighted by Gasteiger charge is 2.00. The minimum Gasteiger partial charge on any atom is -0.497 e. The SMILES string of the molecule is COc1ccc(-c2ncc(N)cn2)cc1. The van der Waals surface area contributed by atoms with Crippen LogP contribution in [0.25, 0.3) is 11.4 Å². The van der Waals surface area contributed by atoms with Gasteiger partial charge >= 0.3 is 0 Å². The van der Waals surface area contributed by atoms with Crippen molar-refractivity contribution in [3.8, 4) is 17.1 Å². The van der Waals surface area contributed by atoms with Crippen molar-refractivity contribution in [1.29, 1.82) is 0 Å². The third kappa shape index (κ3) is 2.04. The predicted molar refractivity (Wildman–Crippen MR) is 58.4 cm³/mol. The molecule has 0 saturated carbocycles. The van der Waals surface area contributed by atoms with E-state index in [-0.39, 0.29) is 0 Å². The van der Waals surface area contributed by atoms with Gasteiger partial charge in [-0.05, 0) is 24.3 Å². The molecule has 2 rings (SSSR count). The fraction of sp³-hybridized carbons (Fsp3) is 0.0909. The zero-order chi connectivity index (χ0) is 10.7. The average Bonchev–Trinajstić information content (AvgIpc) is 2.30. The van der Waals surface area contributed by atoms with Crippen LogP contribution in [-0.2, 0) is 0 Å². The topological polar surface area (TPSA) is 61.0 Å². The van der Waals surface area contributed by atoms with E-state index in [1.807, 2.05) is 24.3 Å². The molecule has 2 N–H and O–H groups in total. The Morgan fingerprint density at radius 1 is 1.07 bits per heavy atom. The Hall–Kier alpha value is -2.10. The highest BCUT2D eigenvalue weighted by atomic mass is 16.5. The first-order valence-corrected chi connectivity index (χ1v) is 4.51. The standard InChI is InChI=1S/C11H11N3O/c1-15-10-4-2-8(3-5-10)11-13-6-9(12)7-14-11/h2-7H,12H2,1H3. The molecule has 15 heavy (non-hydrogen) atoms. The second-order valence-electron chi connectivity index (χ2n) is 3.07. The summed E-state index contributed by atoms with van der Waals surface area (Å²) in [4.78, 5) is 8.25. The van der Waals surface area contributed by atoms with Crippen LogP contribution in [0.5, 0.6) is 5.75 Å². The molecular formula is C11H11N3O. The molecule has 2 aromatic rings. The molecule has 1 aromatic heterocycles. The van der Waals surface area contributed by atoms with Crippen molar-refractivity contribution in [3.05, 3.63) is 36.7 Å². The first kappa shape index (κ1) is 9.45. The molecule has 1 heterocycles. The van der Waals surface area contributed by atoms with Gasteiger partial charge in [-0.3, -0.25) is 0 Å². The molecule has 0 aliphatic carbocycles. The van der Waals surface area contributed by atoms with Crippen LogP contribution in [0, 0.1) is 0 Å². The molecular weight excluding hydrogens is 190 g/mol. The monoisotopic (exact) mass is 201 g/mol. The van der Waals surface area contributed by atoms with Gasteiger partial charge < -0.3 is 10.5 Å². The number of aromatic nitrogens is 2. The van der Waals surface area contributed by atoms with Crippen molar-refractivity contribution < 1.29 is 4.74 Å². The van der Waals surface area contributed by atoms with E-state index in [0.29, 0.717) is 11.5 Å². The second-order valence-corrected chi connectivity index (χ2v) is 3.07. The molecule has 0 spiro atoms. The maximum absolute atomic E-state index is 5.51. The molecule has 0 amide bonds. The molecule has 0 radical (unpaired) electrons. The van der Waals surface area contributed by atoms with Crippen LogP contribution in [0.2, 0.25) is 0 Å². The largest absolute Gasteiger partial charge is 0.497 e. The number of methoxy groups -OCH3 is 1. The highest BCUT2D eigenvalue weighted by molar-refractivity contribution is 5.56. The molecule has 0 aliphatic heterocycles. The van der Waals surface area contributed by atoms with E-state index < -0.39 is 0 Å². The lowest BCUT2D eigenvalue weighted by atomic mass is 10.2. The van der Waals surface area contributed by atoms with Crippen LogP contribution in [0.1, 0.15) is 0 Å². The summed E-state index contributed by atoms with van der Waals surface area (Å²) in [5, 5.41) is 0. The zero-order valence-corrected chi connectivity index (χ0v) is 8.34. The van der Waals surface area contributed by atoms with Crippen LogP contribution in [-0.4, -0.2) is 17.1 Å². The highest BCUT2D eigenvalue weighted by Crippen LogP contribution is 2.18. The number of hydrogen-bond donors (Lipinski definition) is 1. The van der Waals surface area contributed by atoms with Crippen molar-refractivity contribution >= 4 is 5.69 Å². The Morgan fingerprint density at radius 3 is 2.20 bits per heavy atom. The summed E-state index contributed by atoms with van der Waals surface area (Å²) >= 11 is 0. The van der Waals surface area contributed by atoms with Crippen LogP contribution >= 0.6 is 0 Å². The Labute approximate surface area is 87.7 Å². The van der Waals surface area contributed by atoms with E-state index >= 15 is 0 Å². The Morgan fingerprint density at radius 2 is 1.67 bits per heavy atom. The summed E-state index contributed by atoms with van der Waals surface area (Å²) in [7, 11) is 1.63. The summed E-state index contributed by atoms with van der Waals surface area (Å²) in [6.45, 7) is 0. The van der Waals surface area contributed by atoms with Gasteiger partial charge in [-0.25, -0.2) is 9.97 Å². The molecule has 0 bridgehead atoms. The lowest BCUT2D eigenvalue weighted by molar-refractivity contribution is 0.415. The van der Waals surface area contributed by atoms with Crippen LogP contribution in [0.4, 0.5) is 5.69 Å². The summed E-state index contributed by atoms with van der Waals surface area (Å²) in [5.41, 5.74) is 7.01. The van der Waals surface area contributed by atoms with Gasteiger partial charge in [0.2, 0.25) is 0 Å².